The lowest BCUT2D eigenvalue weighted by atomic mass is 10.2. The molecule has 5 nitrogen and oxygen atoms in total. The Bertz CT molecular complexity index is 485. The van der Waals surface area contributed by atoms with Crippen molar-refractivity contribution >= 4 is 15.7 Å². The Morgan fingerprint density at radius 3 is 2.59 bits per heavy atom. The molecule has 0 unspecified atom stereocenters. The van der Waals surface area contributed by atoms with Crippen molar-refractivity contribution in [3.05, 3.63) is 23.8 Å². The fraction of sp³-hybridized carbons (Fsp3) is 0.455. The number of nitrogen functional groups attached to an aromatic ring is 1. The highest BCUT2D eigenvalue weighted by Crippen LogP contribution is 2.19. The third kappa shape index (κ3) is 3.18. The van der Waals surface area contributed by atoms with Gasteiger partial charge in [-0.05, 0) is 30.7 Å². The molecule has 2 N–H and O–H groups in total. The van der Waals surface area contributed by atoms with Crippen LogP contribution < -0.4 is 5.73 Å². The number of anilines is 1. The van der Waals surface area contributed by atoms with Crippen LogP contribution in [0.15, 0.2) is 23.1 Å². The predicted octanol–water partition coefficient (Wildman–Crippen LogP) is 0.844. The van der Waals surface area contributed by atoms with Crippen molar-refractivity contribution in [3.63, 3.8) is 0 Å². The number of nitrogens with two attached hydrogens (primary N) is 1. The molecule has 6 heteroatoms. The first-order chi connectivity index (χ1) is 7.89. The van der Waals surface area contributed by atoms with Crippen molar-refractivity contribution < 1.29 is 13.2 Å². The molecule has 0 aromatic heterocycles. The molecule has 0 aliphatic rings. The SMILES string of the molecule is COCCN(C)S(=O)(=O)c1ccc(N)c(C)c1. The summed E-state index contributed by atoms with van der Waals surface area (Å²) in [5.41, 5.74) is 7.00. The maximum atomic E-state index is 12.1. The van der Waals surface area contributed by atoms with Crippen molar-refractivity contribution in [1.82, 2.24) is 4.31 Å². The molecule has 0 radical (unpaired) electrons. The molecule has 0 fully saturated rings. The van der Waals surface area contributed by atoms with Gasteiger partial charge in [-0.3, -0.25) is 0 Å². The Morgan fingerprint density at radius 2 is 2.06 bits per heavy atom. The molecule has 1 rings (SSSR count). The third-order valence-electron chi connectivity index (χ3n) is 2.56. The van der Waals surface area contributed by atoms with E-state index in [2.05, 4.69) is 0 Å². The van der Waals surface area contributed by atoms with E-state index in [0.29, 0.717) is 18.8 Å². The van der Waals surface area contributed by atoms with E-state index in [1.54, 1.807) is 19.1 Å². The van der Waals surface area contributed by atoms with Crippen molar-refractivity contribution in [1.29, 1.82) is 0 Å². The summed E-state index contributed by atoms with van der Waals surface area (Å²) >= 11 is 0. The van der Waals surface area contributed by atoms with Crippen molar-refractivity contribution in [2.24, 2.45) is 0 Å². The van der Waals surface area contributed by atoms with Gasteiger partial charge in [-0.15, -0.1) is 0 Å². The molecule has 0 aliphatic heterocycles. The molecule has 96 valence electrons. The predicted molar refractivity (Wildman–Crippen MR) is 67.3 cm³/mol. The summed E-state index contributed by atoms with van der Waals surface area (Å²) in [7, 11) is -0.389. The Kier molecular flexibility index (Phi) is 4.50. The number of methoxy groups -OCH3 is 1. The first-order valence-corrected chi connectivity index (χ1v) is 6.65. The molecule has 1 aromatic rings. The zero-order chi connectivity index (χ0) is 13.1. The summed E-state index contributed by atoms with van der Waals surface area (Å²) in [4.78, 5) is 0.253. The monoisotopic (exact) mass is 258 g/mol. The van der Waals surface area contributed by atoms with E-state index in [9.17, 15) is 8.42 Å². The lowest BCUT2D eigenvalue weighted by Gasteiger charge is -2.17. The van der Waals surface area contributed by atoms with E-state index in [1.165, 1.54) is 24.5 Å². The van der Waals surface area contributed by atoms with Crippen LogP contribution in [0.4, 0.5) is 5.69 Å². The molecule has 0 saturated heterocycles. The molecule has 0 aliphatic carbocycles. The molecule has 0 atom stereocenters. The zero-order valence-corrected chi connectivity index (χ0v) is 11.1. The largest absolute Gasteiger partial charge is 0.399 e. The van der Waals surface area contributed by atoms with E-state index >= 15 is 0 Å². The van der Waals surface area contributed by atoms with Gasteiger partial charge in [0.2, 0.25) is 10.0 Å². The van der Waals surface area contributed by atoms with Crippen LogP contribution in [0.5, 0.6) is 0 Å². The van der Waals surface area contributed by atoms with Crippen LogP contribution in [0.25, 0.3) is 0 Å². The van der Waals surface area contributed by atoms with E-state index < -0.39 is 10.0 Å². The minimum Gasteiger partial charge on any atom is -0.399 e. The lowest BCUT2D eigenvalue weighted by Crippen LogP contribution is -2.30. The molecule has 1 aromatic carbocycles. The molecule has 0 spiro atoms. The first-order valence-electron chi connectivity index (χ1n) is 5.21. The maximum absolute atomic E-state index is 12.1. The summed E-state index contributed by atoms with van der Waals surface area (Å²) in [6, 6.07) is 4.70. The van der Waals surface area contributed by atoms with Gasteiger partial charge in [0, 0.05) is 26.4 Å². The van der Waals surface area contributed by atoms with Crippen molar-refractivity contribution in [2.75, 3.05) is 33.0 Å². The van der Waals surface area contributed by atoms with Gasteiger partial charge in [0.25, 0.3) is 0 Å². The fourth-order valence-electron chi connectivity index (χ4n) is 1.33. The van der Waals surface area contributed by atoms with Gasteiger partial charge in [-0.25, -0.2) is 8.42 Å². The number of ether oxygens (including phenoxy) is 1. The molecule has 0 saturated carbocycles. The Hall–Kier alpha value is -1.11. The van der Waals surface area contributed by atoms with Crippen LogP contribution in [0, 0.1) is 6.92 Å². The number of aryl methyl sites for hydroxylation is 1. The summed E-state index contributed by atoms with van der Waals surface area (Å²) in [6.07, 6.45) is 0. The molecule has 0 amide bonds. The van der Waals surface area contributed by atoms with Crippen LogP contribution in [0.2, 0.25) is 0 Å². The van der Waals surface area contributed by atoms with E-state index in [1.807, 2.05) is 0 Å². The second-order valence-corrected chi connectivity index (χ2v) is 5.88. The third-order valence-corrected chi connectivity index (χ3v) is 4.41. The first kappa shape index (κ1) is 14.0. The normalized spacial score (nSPS) is 12.0. The topological polar surface area (TPSA) is 72.6 Å². The molecular weight excluding hydrogens is 240 g/mol. The summed E-state index contributed by atoms with van der Waals surface area (Å²) in [6.45, 7) is 2.47. The molecule has 0 heterocycles. The van der Waals surface area contributed by atoms with Crippen LogP contribution in [-0.2, 0) is 14.8 Å². The Morgan fingerprint density at radius 1 is 1.41 bits per heavy atom. The second-order valence-electron chi connectivity index (χ2n) is 3.84. The van der Waals surface area contributed by atoms with Crippen LogP contribution in [0.1, 0.15) is 5.56 Å². The quantitative estimate of drug-likeness (QED) is 0.794. The number of benzene rings is 1. The van der Waals surface area contributed by atoms with Gasteiger partial charge in [0.05, 0.1) is 11.5 Å². The zero-order valence-electron chi connectivity index (χ0n) is 10.3. The number of hydrogen-bond donors (Lipinski definition) is 1. The highest BCUT2D eigenvalue weighted by molar-refractivity contribution is 7.89. The average molecular weight is 258 g/mol. The van der Waals surface area contributed by atoms with E-state index in [4.69, 9.17) is 10.5 Å². The Balaban J connectivity index is 3.00. The second kappa shape index (κ2) is 5.48. The van der Waals surface area contributed by atoms with Gasteiger partial charge < -0.3 is 10.5 Å². The standard InChI is InChI=1S/C11H18N2O3S/c1-9-8-10(4-5-11(9)12)17(14,15)13(2)6-7-16-3/h4-5,8H,6-7,12H2,1-3H3. The average Bonchev–Trinajstić information content (AvgIpc) is 2.29. The van der Waals surface area contributed by atoms with Gasteiger partial charge >= 0.3 is 0 Å². The smallest absolute Gasteiger partial charge is 0.242 e. The minimum absolute atomic E-state index is 0.253. The molecule has 17 heavy (non-hydrogen) atoms. The number of rotatable bonds is 5. The highest BCUT2D eigenvalue weighted by Gasteiger charge is 2.20. The molecule has 0 bridgehead atoms. The number of sulfonamides is 1. The number of nitrogens with zero attached hydrogens (tertiary/aromatic N) is 1. The van der Waals surface area contributed by atoms with Crippen molar-refractivity contribution in [2.45, 2.75) is 11.8 Å². The van der Waals surface area contributed by atoms with Gasteiger partial charge in [-0.2, -0.15) is 4.31 Å². The van der Waals surface area contributed by atoms with E-state index in [0.717, 1.165) is 5.56 Å². The van der Waals surface area contributed by atoms with Crippen LogP contribution in [0.3, 0.4) is 0 Å². The van der Waals surface area contributed by atoms with E-state index in [-0.39, 0.29) is 4.90 Å². The van der Waals surface area contributed by atoms with Crippen LogP contribution in [-0.4, -0.2) is 40.0 Å². The summed E-state index contributed by atoms with van der Waals surface area (Å²) in [5, 5.41) is 0. The highest BCUT2D eigenvalue weighted by atomic mass is 32.2. The maximum Gasteiger partial charge on any atom is 0.242 e. The number of likely N-dealkylation sites (N-methyl/N-ethyl adjacent to an activating group) is 1. The van der Waals surface area contributed by atoms with Crippen molar-refractivity contribution in [3.8, 4) is 0 Å². The lowest BCUT2D eigenvalue weighted by molar-refractivity contribution is 0.185. The fourth-order valence-corrected chi connectivity index (χ4v) is 2.57. The van der Waals surface area contributed by atoms with Gasteiger partial charge in [-0.1, -0.05) is 0 Å². The van der Waals surface area contributed by atoms with Gasteiger partial charge in [0.15, 0.2) is 0 Å². The summed E-state index contributed by atoms with van der Waals surface area (Å²) in [5.74, 6) is 0. The minimum atomic E-state index is -3.45. The van der Waals surface area contributed by atoms with Crippen LogP contribution >= 0.6 is 0 Å². The van der Waals surface area contributed by atoms with Gasteiger partial charge in [0.1, 0.15) is 0 Å². The molecular formula is C11H18N2O3S. The Labute approximate surface area is 102 Å². The number of hydrogen-bond acceptors (Lipinski definition) is 4. The summed E-state index contributed by atoms with van der Waals surface area (Å²) < 4.78 is 30.4.